The van der Waals surface area contributed by atoms with Crippen molar-refractivity contribution in [1.82, 2.24) is 0 Å². The van der Waals surface area contributed by atoms with E-state index in [4.69, 9.17) is 4.74 Å². The van der Waals surface area contributed by atoms with Gasteiger partial charge in [-0.25, -0.2) is 4.39 Å². The molecule has 6 heteroatoms. The molecule has 2 rings (SSSR count). The molecule has 0 unspecified atom stereocenters. The van der Waals surface area contributed by atoms with Crippen molar-refractivity contribution in [3.63, 3.8) is 0 Å². The van der Waals surface area contributed by atoms with Crippen molar-refractivity contribution in [1.29, 1.82) is 0 Å². The second kappa shape index (κ2) is 6.13. The molecule has 0 bridgehead atoms. The Hall–Kier alpha value is -2.76. The Balaban J connectivity index is 2.27. The van der Waals surface area contributed by atoms with Crippen LogP contribution in [0.5, 0.6) is 5.75 Å². The molecule has 0 saturated heterocycles. The third-order valence-corrected chi connectivity index (χ3v) is 2.98. The number of ether oxygens (including phenoxy) is 1. The van der Waals surface area contributed by atoms with E-state index in [9.17, 15) is 19.3 Å². The van der Waals surface area contributed by atoms with E-state index in [1.165, 1.54) is 7.11 Å². The highest BCUT2D eigenvalue weighted by Crippen LogP contribution is 2.22. The normalized spacial score (nSPS) is 10.2. The second-order valence-electron chi connectivity index (χ2n) is 4.37. The monoisotopic (exact) mass is 289 g/mol. The van der Waals surface area contributed by atoms with E-state index >= 15 is 0 Å². The first-order valence-corrected chi connectivity index (χ1v) is 6.11. The van der Waals surface area contributed by atoms with Crippen LogP contribution in [-0.2, 0) is 6.42 Å². The lowest BCUT2D eigenvalue weighted by atomic mass is 10.0. The highest BCUT2D eigenvalue weighted by molar-refractivity contribution is 6.01. The van der Waals surface area contributed by atoms with Gasteiger partial charge in [0.15, 0.2) is 5.78 Å². The van der Waals surface area contributed by atoms with E-state index in [0.29, 0.717) is 11.3 Å². The van der Waals surface area contributed by atoms with Gasteiger partial charge in [-0.1, -0.05) is 12.1 Å². The van der Waals surface area contributed by atoms with Crippen molar-refractivity contribution < 1.29 is 18.8 Å². The van der Waals surface area contributed by atoms with Crippen molar-refractivity contribution in [3.05, 3.63) is 69.5 Å². The van der Waals surface area contributed by atoms with Gasteiger partial charge in [0, 0.05) is 12.5 Å². The summed E-state index contributed by atoms with van der Waals surface area (Å²) in [5.74, 6) is -0.548. The van der Waals surface area contributed by atoms with Crippen LogP contribution in [0.15, 0.2) is 42.5 Å². The van der Waals surface area contributed by atoms with Crippen molar-refractivity contribution >= 4 is 11.5 Å². The quantitative estimate of drug-likeness (QED) is 0.481. The number of ketones is 1. The van der Waals surface area contributed by atoms with Crippen molar-refractivity contribution in [2.75, 3.05) is 7.11 Å². The maximum absolute atomic E-state index is 13.2. The van der Waals surface area contributed by atoms with Gasteiger partial charge in [-0.05, 0) is 29.8 Å². The number of hydrogen-bond donors (Lipinski definition) is 0. The fraction of sp³-hybridized carbons (Fsp3) is 0.133. The van der Waals surface area contributed by atoms with Crippen LogP contribution in [0.25, 0.3) is 0 Å². The van der Waals surface area contributed by atoms with Gasteiger partial charge in [-0.3, -0.25) is 14.9 Å². The molecule has 0 spiro atoms. The molecule has 0 aliphatic rings. The lowest BCUT2D eigenvalue weighted by Crippen LogP contribution is -2.07. The number of benzene rings is 2. The van der Waals surface area contributed by atoms with E-state index in [1.54, 1.807) is 24.3 Å². The summed E-state index contributed by atoms with van der Waals surface area (Å²) in [5.41, 5.74) is 0.0464. The zero-order chi connectivity index (χ0) is 15.4. The Morgan fingerprint density at radius 1 is 1.24 bits per heavy atom. The Morgan fingerprint density at radius 3 is 2.48 bits per heavy atom. The fourth-order valence-corrected chi connectivity index (χ4v) is 1.91. The van der Waals surface area contributed by atoms with E-state index < -0.39 is 22.2 Å². The summed E-state index contributed by atoms with van der Waals surface area (Å²) >= 11 is 0. The number of rotatable bonds is 5. The highest BCUT2D eigenvalue weighted by atomic mass is 19.1. The zero-order valence-electron chi connectivity index (χ0n) is 11.2. The van der Waals surface area contributed by atoms with E-state index in [-0.39, 0.29) is 12.0 Å². The molecular formula is C15H12FNO4. The summed E-state index contributed by atoms with van der Waals surface area (Å²) in [4.78, 5) is 22.3. The smallest absolute Gasteiger partial charge is 0.280 e. The summed E-state index contributed by atoms with van der Waals surface area (Å²) in [5, 5.41) is 10.9. The van der Waals surface area contributed by atoms with Crippen LogP contribution in [0, 0.1) is 15.9 Å². The first-order valence-electron chi connectivity index (χ1n) is 6.11. The average molecular weight is 289 g/mol. The molecule has 0 N–H and O–H groups in total. The Morgan fingerprint density at radius 2 is 1.90 bits per heavy atom. The van der Waals surface area contributed by atoms with Crippen LogP contribution in [0.2, 0.25) is 0 Å². The largest absolute Gasteiger partial charge is 0.497 e. The van der Waals surface area contributed by atoms with Gasteiger partial charge in [0.2, 0.25) is 0 Å². The van der Waals surface area contributed by atoms with E-state index in [1.807, 2.05) is 0 Å². The predicted octanol–water partition coefficient (Wildman–Crippen LogP) is 3.17. The third kappa shape index (κ3) is 3.42. The van der Waals surface area contributed by atoms with Gasteiger partial charge in [0.05, 0.1) is 17.6 Å². The maximum atomic E-state index is 13.2. The van der Waals surface area contributed by atoms with Crippen LogP contribution in [0.4, 0.5) is 10.1 Å². The lowest BCUT2D eigenvalue weighted by Gasteiger charge is -2.04. The van der Waals surface area contributed by atoms with Gasteiger partial charge in [-0.2, -0.15) is 0 Å². The molecule has 108 valence electrons. The first-order chi connectivity index (χ1) is 10.0. The number of halogens is 1. The molecule has 0 aliphatic carbocycles. The minimum atomic E-state index is -0.694. The summed E-state index contributed by atoms with van der Waals surface area (Å²) in [6.07, 6.45) is -0.0473. The molecule has 0 fully saturated rings. The minimum Gasteiger partial charge on any atom is -0.497 e. The molecule has 0 aromatic heterocycles. The topological polar surface area (TPSA) is 69.4 Å². The highest BCUT2D eigenvalue weighted by Gasteiger charge is 2.20. The number of nitrogens with zero attached hydrogens (tertiary/aromatic N) is 1. The Bertz CT molecular complexity index is 683. The Kier molecular flexibility index (Phi) is 4.27. The Labute approximate surface area is 120 Å². The van der Waals surface area contributed by atoms with E-state index in [0.717, 1.165) is 18.2 Å². The molecular weight excluding hydrogens is 277 g/mol. The van der Waals surface area contributed by atoms with Crippen LogP contribution in [0.3, 0.4) is 0 Å². The molecule has 0 heterocycles. The summed E-state index contributed by atoms with van der Waals surface area (Å²) in [6.45, 7) is 0. The molecule has 21 heavy (non-hydrogen) atoms. The molecule has 5 nitrogen and oxygen atoms in total. The van der Waals surface area contributed by atoms with Gasteiger partial charge in [-0.15, -0.1) is 0 Å². The van der Waals surface area contributed by atoms with Crippen molar-refractivity contribution in [2.45, 2.75) is 6.42 Å². The maximum Gasteiger partial charge on any atom is 0.280 e. The van der Waals surface area contributed by atoms with E-state index in [2.05, 4.69) is 0 Å². The van der Waals surface area contributed by atoms with Crippen molar-refractivity contribution in [2.24, 2.45) is 0 Å². The lowest BCUT2D eigenvalue weighted by molar-refractivity contribution is -0.385. The number of methoxy groups -OCH3 is 1. The van der Waals surface area contributed by atoms with Gasteiger partial charge in [0.1, 0.15) is 11.6 Å². The molecule has 0 aliphatic heterocycles. The molecule has 0 amide bonds. The first kappa shape index (κ1) is 14.6. The summed E-state index contributed by atoms with van der Waals surface area (Å²) in [7, 11) is 1.52. The molecule has 2 aromatic carbocycles. The van der Waals surface area contributed by atoms with Gasteiger partial charge >= 0.3 is 0 Å². The molecule has 2 aromatic rings. The molecule has 0 saturated carbocycles. The molecule has 0 radical (unpaired) electrons. The number of hydrogen-bond acceptors (Lipinski definition) is 4. The summed E-state index contributed by atoms with van der Waals surface area (Å²) in [6, 6.07) is 9.58. The zero-order valence-corrected chi connectivity index (χ0v) is 11.2. The van der Waals surface area contributed by atoms with Crippen LogP contribution < -0.4 is 4.74 Å². The van der Waals surface area contributed by atoms with Crippen LogP contribution in [0.1, 0.15) is 15.9 Å². The van der Waals surface area contributed by atoms with Crippen molar-refractivity contribution in [3.8, 4) is 5.75 Å². The fourth-order valence-electron chi connectivity index (χ4n) is 1.91. The molecule has 0 atom stereocenters. The van der Waals surface area contributed by atoms with Gasteiger partial charge in [0.25, 0.3) is 5.69 Å². The number of nitro groups is 1. The SMILES string of the molecule is COc1ccc(CC(=O)c2cc(F)ccc2[N+](=O)[O-])cc1. The average Bonchev–Trinajstić information content (AvgIpc) is 2.47. The standard InChI is InChI=1S/C15H12FNO4/c1-21-12-5-2-10(3-6-12)8-15(18)13-9-11(16)4-7-14(13)17(19)20/h2-7,9H,8H2,1H3. The number of Topliss-reactive ketones (excluding diaryl/α,β-unsaturated/α-hetero) is 1. The van der Waals surface area contributed by atoms with Crippen LogP contribution in [-0.4, -0.2) is 17.8 Å². The third-order valence-electron chi connectivity index (χ3n) is 2.98. The predicted molar refractivity (Wildman–Crippen MR) is 74.1 cm³/mol. The number of carbonyl (C=O) groups is 1. The second-order valence-corrected chi connectivity index (χ2v) is 4.37. The van der Waals surface area contributed by atoms with Crippen LogP contribution >= 0.6 is 0 Å². The van der Waals surface area contributed by atoms with Gasteiger partial charge < -0.3 is 4.74 Å². The minimum absolute atomic E-state index is 0.0473. The number of nitro benzene ring substituents is 1. The summed E-state index contributed by atoms with van der Waals surface area (Å²) < 4.78 is 18.2. The number of carbonyl (C=O) groups excluding carboxylic acids is 1.